The van der Waals surface area contributed by atoms with Gasteiger partial charge in [0.05, 0.1) is 12.8 Å². The van der Waals surface area contributed by atoms with E-state index in [1.165, 1.54) is 27.6 Å². The summed E-state index contributed by atoms with van der Waals surface area (Å²) in [5, 5.41) is 8.17. The second-order valence-electron chi connectivity index (χ2n) is 7.98. The van der Waals surface area contributed by atoms with Crippen LogP contribution in [-0.4, -0.2) is 36.5 Å². The lowest BCUT2D eigenvalue weighted by atomic mass is 10.1. The summed E-state index contributed by atoms with van der Waals surface area (Å²) in [5.74, 6) is 1.78. The number of aromatic nitrogens is 1. The minimum atomic E-state index is 0.720. The molecule has 3 N–H and O–H groups in total. The van der Waals surface area contributed by atoms with Crippen molar-refractivity contribution in [2.45, 2.75) is 26.1 Å². The number of nitrogens with one attached hydrogen (secondary N) is 3. The fourth-order valence-electron chi connectivity index (χ4n) is 3.95. The van der Waals surface area contributed by atoms with Gasteiger partial charge in [0.2, 0.25) is 0 Å². The molecule has 0 radical (unpaired) electrons. The highest BCUT2D eigenvalue weighted by atomic mass is 16.3. The first-order chi connectivity index (χ1) is 15.7. The van der Waals surface area contributed by atoms with Crippen LogP contribution >= 0.6 is 0 Å². The van der Waals surface area contributed by atoms with Crippen LogP contribution < -0.4 is 10.6 Å². The Morgan fingerprint density at radius 3 is 2.56 bits per heavy atom. The molecular weight excluding hydrogens is 398 g/mol. The van der Waals surface area contributed by atoms with Gasteiger partial charge >= 0.3 is 0 Å². The second kappa shape index (κ2) is 10.7. The third-order valence-electron chi connectivity index (χ3n) is 5.60. The lowest BCUT2D eigenvalue weighted by Crippen LogP contribution is -2.38. The number of fused-ring (bicyclic) bond motifs is 1. The van der Waals surface area contributed by atoms with Gasteiger partial charge in [-0.15, -0.1) is 0 Å². The maximum atomic E-state index is 5.47. The van der Waals surface area contributed by atoms with E-state index in [0.717, 1.165) is 44.3 Å². The number of para-hydroxylation sites is 1. The van der Waals surface area contributed by atoms with E-state index in [2.05, 4.69) is 87.3 Å². The zero-order chi connectivity index (χ0) is 22.2. The zero-order valence-corrected chi connectivity index (χ0v) is 18.8. The molecule has 32 heavy (non-hydrogen) atoms. The topological polar surface area (TPSA) is 68.6 Å². The molecule has 0 unspecified atom stereocenters. The van der Waals surface area contributed by atoms with Crippen LogP contribution in [-0.2, 0) is 26.1 Å². The van der Waals surface area contributed by atoms with Crippen molar-refractivity contribution in [1.29, 1.82) is 0 Å². The fraction of sp³-hybridized carbons (Fsp3) is 0.269. The molecule has 0 bridgehead atoms. The Bertz CT molecular complexity index is 1150. The minimum Gasteiger partial charge on any atom is -0.468 e. The maximum Gasteiger partial charge on any atom is 0.191 e. The fourth-order valence-corrected chi connectivity index (χ4v) is 3.95. The predicted molar refractivity (Wildman–Crippen MR) is 131 cm³/mol. The summed E-state index contributed by atoms with van der Waals surface area (Å²) in [6.45, 7) is 3.17. The van der Waals surface area contributed by atoms with Crippen LogP contribution in [0, 0.1) is 0 Å². The standard InChI is InChI=1S/C26H31N5O/c1-27-26(28-14-13-21-17-29-25-12-6-5-11-24(21)25)30-16-20-8-3-4-9-22(20)18-31(2)19-23-10-7-15-32-23/h3-12,15,17,29H,13-14,16,18-19H2,1-2H3,(H2,27,28,30). The van der Waals surface area contributed by atoms with E-state index in [4.69, 9.17) is 4.42 Å². The third kappa shape index (κ3) is 5.59. The van der Waals surface area contributed by atoms with Crippen molar-refractivity contribution in [2.24, 2.45) is 4.99 Å². The number of nitrogens with zero attached hydrogens (tertiary/aromatic N) is 2. The largest absolute Gasteiger partial charge is 0.468 e. The van der Waals surface area contributed by atoms with Crippen molar-refractivity contribution >= 4 is 16.9 Å². The molecule has 0 saturated carbocycles. The SMILES string of the molecule is CN=C(NCCc1c[nH]c2ccccc12)NCc1ccccc1CN(C)Cc1ccco1. The van der Waals surface area contributed by atoms with E-state index in [-0.39, 0.29) is 0 Å². The van der Waals surface area contributed by atoms with Gasteiger partial charge < -0.3 is 20.0 Å². The van der Waals surface area contributed by atoms with Crippen molar-refractivity contribution in [3.63, 3.8) is 0 Å². The first-order valence-corrected chi connectivity index (χ1v) is 11.0. The molecule has 4 aromatic rings. The first-order valence-electron chi connectivity index (χ1n) is 11.0. The van der Waals surface area contributed by atoms with E-state index in [1.807, 2.05) is 19.2 Å². The number of furan rings is 1. The van der Waals surface area contributed by atoms with Crippen molar-refractivity contribution in [2.75, 3.05) is 20.6 Å². The number of rotatable bonds is 9. The highest BCUT2D eigenvalue weighted by molar-refractivity contribution is 5.83. The van der Waals surface area contributed by atoms with Gasteiger partial charge in [0, 0.05) is 43.8 Å². The molecule has 4 rings (SSSR count). The number of aromatic amines is 1. The lowest BCUT2D eigenvalue weighted by molar-refractivity contribution is 0.287. The number of H-pyrrole nitrogens is 1. The molecule has 0 aliphatic rings. The van der Waals surface area contributed by atoms with Gasteiger partial charge in [0.15, 0.2) is 5.96 Å². The van der Waals surface area contributed by atoms with Crippen LogP contribution in [0.5, 0.6) is 0 Å². The van der Waals surface area contributed by atoms with Crippen LogP contribution in [0.3, 0.4) is 0 Å². The first kappa shape index (κ1) is 21.7. The molecule has 6 heteroatoms. The Kier molecular flexibility index (Phi) is 7.25. The van der Waals surface area contributed by atoms with Crippen molar-refractivity contribution in [3.05, 3.63) is 95.6 Å². The third-order valence-corrected chi connectivity index (χ3v) is 5.60. The summed E-state index contributed by atoms with van der Waals surface area (Å²) in [4.78, 5) is 9.98. The average Bonchev–Trinajstić information content (AvgIpc) is 3.47. The predicted octanol–water partition coefficient (Wildman–Crippen LogP) is 4.30. The highest BCUT2D eigenvalue weighted by Crippen LogP contribution is 2.17. The molecule has 0 saturated heterocycles. The summed E-state index contributed by atoms with van der Waals surface area (Å²) in [7, 11) is 3.92. The normalized spacial score (nSPS) is 11.9. The molecule has 0 amide bonds. The Hall–Kier alpha value is -3.51. The van der Waals surface area contributed by atoms with Gasteiger partial charge in [0.25, 0.3) is 0 Å². The molecule has 0 atom stereocenters. The molecule has 2 heterocycles. The minimum absolute atomic E-state index is 0.720. The molecule has 166 valence electrons. The Labute approximate surface area is 189 Å². The van der Waals surface area contributed by atoms with Crippen molar-refractivity contribution in [3.8, 4) is 0 Å². The van der Waals surface area contributed by atoms with Gasteiger partial charge in [-0.2, -0.15) is 0 Å². The number of benzene rings is 2. The van der Waals surface area contributed by atoms with E-state index in [1.54, 1.807) is 6.26 Å². The van der Waals surface area contributed by atoms with E-state index in [9.17, 15) is 0 Å². The maximum absolute atomic E-state index is 5.47. The van der Waals surface area contributed by atoms with Crippen LogP contribution in [0.15, 0.2) is 82.5 Å². The number of hydrogen-bond acceptors (Lipinski definition) is 3. The Morgan fingerprint density at radius 2 is 1.75 bits per heavy atom. The Balaban J connectivity index is 1.29. The number of guanidine groups is 1. The van der Waals surface area contributed by atoms with Crippen molar-refractivity contribution in [1.82, 2.24) is 20.5 Å². The smallest absolute Gasteiger partial charge is 0.191 e. The van der Waals surface area contributed by atoms with Crippen LogP contribution in [0.4, 0.5) is 0 Å². The molecule has 2 aromatic heterocycles. The van der Waals surface area contributed by atoms with Gasteiger partial charge in [-0.3, -0.25) is 9.89 Å². The molecule has 2 aromatic carbocycles. The highest BCUT2D eigenvalue weighted by Gasteiger charge is 2.09. The van der Waals surface area contributed by atoms with Crippen LogP contribution in [0.25, 0.3) is 10.9 Å². The van der Waals surface area contributed by atoms with E-state index < -0.39 is 0 Å². The summed E-state index contributed by atoms with van der Waals surface area (Å²) < 4.78 is 5.47. The second-order valence-corrected chi connectivity index (χ2v) is 7.98. The average molecular weight is 430 g/mol. The number of hydrogen-bond donors (Lipinski definition) is 3. The zero-order valence-electron chi connectivity index (χ0n) is 18.8. The summed E-state index contributed by atoms with van der Waals surface area (Å²) in [6, 6.07) is 20.9. The van der Waals surface area contributed by atoms with Crippen LogP contribution in [0.1, 0.15) is 22.5 Å². The molecular formula is C26H31N5O. The van der Waals surface area contributed by atoms with Crippen molar-refractivity contribution < 1.29 is 4.42 Å². The molecule has 0 spiro atoms. The molecule has 6 nitrogen and oxygen atoms in total. The van der Waals surface area contributed by atoms with E-state index in [0.29, 0.717) is 0 Å². The molecule has 0 aliphatic carbocycles. The Morgan fingerprint density at radius 1 is 0.938 bits per heavy atom. The summed E-state index contributed by atoms with van der Waals surface area (Å²) in [5.41, 5.74) is 5.05. The van der Waals surface area contributed by atoms with Gasteiger partial charge in [0.1, 0.15) is 5.76 Å². The lowest BCUT2D eigenvalue weighted by Gasteiger charge is -2.19. The quantitative estimate of drug-likeness (QED) is 0.274. The number of aliphatic imine (C=N–C) groups is 1. The van der Waals surface area contributed by atoms with Gasteiger partial charge in [-0.05, 0) is 48.4 Å². The van der Waals surface area contributed by atoms with Crippen LogP contribution in [0.2, 0.25) is 0 Å². The molecule has 0 fully saturated rings. The molecule has 0 aliphatic heterocycles. The monoisotopic (exact) mass is 429 g/mol. The summed E-state index contributed by atoms with van der Waals surface area (Å²) in [6.07, 6.45) is 4.75. The summed E-state index contributed by atoms with van der Waals surface area (Å²) >= 11 is 0. The van der Waals surface area contributed by atoms with E-state index >= 15 is 0 Å². The van der Waals surface area contributed by atoms with Gasteiger partial charge in [-0.1, -0.05) is 42.5 Å². The van der Waals surface area contributed by atoms with Gasteiger partial charge in [-0.25, -0.2) is 0 Å².